The number of halogens is 2. The van der Waals surface area contributed by atoms with Gasteiger partial charge in [0, 0.05) is 18.2 Å². The Morgan fingerprint density at radius 3 is 2.83 bits per heavy atom. The molecule has 0 bridgehead atoms. The smallest absolute Gasteiger partial charge is 0.273 e. The Morgan fingerprint density at radius 2 is 2.12 bits per heavy atom. The Morgan fingerprint density at radius 1 is 1.38 bits per heavy atom. The predicted molar refractivity (Wildman–Crippen MR) is 86.0 cm³/mol. The summed E-state index contributed by atoms with van der Waals surface area (Å²) in [5.74, 6) is -0.357. The summed E-state index contributed by atoms with van der Waals surface area (Å²) in [7, 11) is 0. The number of rotatable bonds is 5. The lowest BCUT2D eigenvalue weighted by atomic mass is 10.1. The molecule has 0 radical (unpaired) electrons. The van der Waals surface area contributed by atoms with Crippen LogP contribution in [-0.2, 0) is 13.1 Å². The first-order valence-electron chi connectivity index (χ1n) is 7.29. The third-order valence-electron chi connectivity index (χ3n) is 3.49. The molecule has 0 saturated carbocycles. The number of hydrogen-bond donors (Lipinski definition) is 1. The Kier molecular flexibility index (Phi) is 4.61. The molecule has 0 aliphatic heterocycles. The van der Waals surface area contributed by atoms with Gasteiger partial charge in [0.2, 0.25) is 0 Å². The quantitative estimate of drug-likeness (QED) is 0.768. The van der Waals surface area contributed by atoms with Crippen molar-refractivity contribution in [3.8, 4) is 11.3 Å². The number of carbonyl (C=O) groups excluding carboxylic acids is 1. The first-order chi connectivity index (χ1) is 11.6. The average Bonchev–Trinajstić information content (AvgIpc) is 3.20. The van der Waals surface area contributed by atoms with Gasteiger partial charge in [-0.3, -0.25) is 9.48 Å². The van der Waals surface area contributed by atoms with Gasteiger partial charge in [0.15, 0.2) is 11.5 Å². The van der Waals surface area contributed by atoms with Crippen LogP contribution in [0.25, 0.3) is 11.3 Å². The minimum Gasteiger partial charge on any atom is -0.355 e. The monoisotopic (exact) mass is 348 g/mol. The number of aryl methyl sites for hydroxylation is 1. The fourth-order valence-electron chi connectivity index (χ4n) is 2.22. The van der Waals surface area contributed by atoms with Crippen LogP contribution in [0.15, 0.2) is 41.1 Å². The molecule has 1 N–H and O–H groups in total. The van der Waals surface area contributed by atoms with Crippen molar-refractivity contribution in [1.82, 2.24) is 20.3 Å². The number of aromatic nitrogens is 3. The van der Waals surface area contributed by atoms with Crippen LogP contribution in [0.2, 0.25) is 5.02 Å². The molecule has 0 spiro atoms. The molecule has 8 heteroatoms. The normalized spacial score (nSPS) is 10.8. The highest BCUT2D eigenvalue weighted by Crippen LogP contribution is 2.21. The first-order valence-corrected chi connectivity index (χ1v) is 7.67. The highest BCUT2D eigenvalue weighted by atomic mass is 35.5. The van der Waals surface area contributed by atoms with Crippen LogP contribution >= 0.6 is 11.6 Å². The van der Waals surface area contributed by atoms with Crippen LogP contribution in [-0.4, -0.2) is 20.8 Å². The van der Waals surface area contributed by atoms with Crippen molar-refractivity contribution in [2.24, 2.45) is 0 Å². The summed E-state index contributed by atoms with van der Waals surface area (Å²) in [6.45, 7) is 2.81. The molecule has 0 atom stereocenters. The zero-order valence-electron chi connectivity index (χ0n) is 12.8. The maximum Gasteiger partial charge on any atom is 0.273 e. The number of hydrogen-bond acceptors (Lipinski definition) is 4. The number of nitrogens with zero attached hydrogens (tertiary/aromatic N) is 3. The highest BCUT2D eigenvalue weighted by Gasteiger charge is 2.15. The van der Waals surface area contributed by atoms with Crippen LogP contribution < -0.4 is 5.32 Å². The molecule has 3 rings (SSSR count). The van der Waals surface area contributed by atoms with Gasteiger partial charge in [-0.1, -0.05) is 16.8 Å². The number of benzene rings is 1. The summed E-state index contributed by atoms with van der Waals surface area (Å²) in [6.07, 6.45) is 1.54. The predicted octanol–water partition coefficient (Wildman–Crippen LogP) is 3.28. The van der Waals surface area contributed by atoms with Crippen molar-refractivity contribution in [3.05, 3.63) is 58.8 Å². The number of nitrogens with one attached hydrogen (secondary N) is 1. The molecule has 2 heterocycles. The summed E-state index contributed by atoms with van der Waals surface area (Å²) in [6, 6.07) is 7.23. The summed E-state index contributed by atoms with van der Waals surface area (Å²) in [4.78, 5) is 12.2. The van der Waals surface area contributed by atoms with Gasteiger partial charge in [0.1, 0.15) is 5.82 Å². The number of carbonyl (C=O) groups is 1. The van der Waals surface area contributed by atoms with Crippen molar-refractivity contribution >= 4 is 17.5 Å². The third kappa shape index (κ3) is 3.30. The second-order valence-electron chi connectivity index (χ2n) is 5.02. The van der Waals surface area contributed by atoms with E-state index >= 15 is 0 Å². The van der Waals surface area contributed by atoms with E-state index in [4.69, 9.17) is 16.1 Å². The van der Waals surface area contributed by atoms with Crippen LogP contribution in [0, 0.1) is 5.82 Å². The maximum atomic E-state index is 12.9. The van der Waals surface area contributed by atoms with Gasteiger partial charge >= 0.3 is 0 Å². The molecular formula is C16H14ClFN4O2. The molecule has 24 heavy (non-hydrogen) atoms. The average molecular weight is 349 g/mol. The zero-order chi connectivity index (χ0) is 17.1. The van der Waals surface area contributed by atoms with Crippen molar-refractivity contribution in [1.29, 1.82) is 0 Å². The van der Waals surface area contributed by atoms with E-state index in [1.807, 2.05) is 6.92 Å². The van der Waals surface area contributed by atoms with Gasteiger partial charge in [0.25, 0.3) is 5.91 Å². The van der Waals surface area contributed by atoms with E-state index < -0.39 is 5.91 Å². The van der Waals surface area contributed by atoms with Crippen molar-refractivity contribution in [2.75, 3.05) is 0 Å². The van der Waals surface area contributed by atoms with E-state index in [-0.39, 0.29) is 18.1 Å². The van der Waals surface area contributed by atoms with Crippen LogP contribution in [0.3, 0.4) is 0 Å². The lowest BCUT2D eigenvalue weighted by Crippen LogP contribution is -2.24. The molecule has 1 amide bonds. The van der Waals surface area contributed by atoms with Crippen molar-refractivity contribution < 1.29 is 13.7 Å². The standard InChI is InChI=1S/C16H14ClFN4O2/c1-2-22-14(12(17)8-20-22)9-19-16(23)13-7-15(24-21-13)10-3-5-11(18)6-4-10/h3-8H,2,9H2,1H3,(H,19,23). The topological polar surface area (TPSA) is 73.0 Å². The van der Waals surface area contributed by atoms with Crippen LogP contribution in [0.4, 0.5) is 4.39 Å². The molecule has 6 nitrogen and oxygen atoms in total. The van der Waals surface area contributed by atoms with E-state index in [2.05, 4.69) is 15.6 Å². The second kappa shape index (κ2) is 6.84. The molecule has 0 aliphatic rings. The van der Waals surface area contributed by atoms with Gasteiger partial charge < -0.3 is 9.84 Å². The van der Waals surface area contributed by atoms with Crippen molar-refractivity contribution in [3.63, 3.8) is 0 Å². The van der Waals surface area contributed by atoms with Gasteiger partial charge in [-0.25, -0.2) is 4.39 Å². The van der Waals surface area contributed by atoms with Gasteiger partial charge in [-0.05, 0) is 31.2 Å². The van der Waals surface area contributed by atoms with E-state index in [1.165, 1.54) is 24.4 Å². The van der Waals surface area contributed by atoms with Crippen LogP contribution in [0.1, 0.15) is 23.1 Å². The van der Waals surface area contributed by atoms with Gasteiger partial charge in [-0.2, -0.15) is 5.10 Å². The summed E-state index contributed by atoms with van der Waals surface area (Å²) in [5.41, 5.74) is 1.48. The molecule has 0 unspecified atom stereocenters. The lowest BCUT2D eigenvalue weighted by Gasteiger charge is -2.06. The van der Waals surface area contributed by atoms with Gasteiger partial charge in [-0.15, -0.1) is 0 Å². The van der Waals surface area contributed by atoms with E-state index in [9.17, 15) is 9.18 Å². The molecule has 124 valence electrons. The zero-order valence-corrected chi connectivity index (χ0v) is 13.5. The molecule has 2 aromatic heterocycles. The largest absolute Gasteiger partial charge is 0.355 e. The minimum atomic E-state index is -0.396. The SMILES string of the molecule is CCn1ncc(Cl)c1CNC(=O)c1cc(-c2ccc(F)cc2)on1. The molecular weight excluding hydrogens is 335 g/mol. The third-order valence-corrected chi connectivity index (χ3v) is 3.80. The Hall–Kier alpha value is -2.67. The maximum absolute atomic E-state index is 12.9. The van der Waals surface area contributed by atoms with E-state index in [0.717, 1.165) is 5.69 Å². The fourth-order valence-corrected chi connectivity index (χ4v) is 2.43. The van der Waals surface area contributed by atoms with Crippen molar-refractivity contribution in [2.45, 2.75) is 20.0 Å². The minimum absolute atomic E-state index is 0.132. The second-order valence-corrected chi connectivity index (χ2v) is 5.43. The molecule has 3 aromatic rings. The van der Waals surface area contributed by atoms with E-state index in [0.29, 0.717) is 22.9 Å². The highest BCUT2D eigenvalue weighted by molar-refractivity contribution is 6.31. The molecule has 0 saturated heterocycles. The number of amides is 1. The molecule has 0 aliphatic carbocycles. The molecule has 1 aromatic carbocycles. The summed E-state index contributed by atoms with van der Waals surface area (Å²) in [5, 5.41) is 11.1. The van der Waals surface area contributed by atoms with E-state index in [1.54, 1.807) is 16.8 Å². The Labute approximate surface area is 142 Å². The van der Waals surface area contributed by atoms with Gasteiger partial charge in [0.05, 0.1) is 23.5 Å². The Bertz CT molecular complexity index is 857. The fraction of sp³-hybridized carbons (Fsp3) is 0.188. The Balaban J connectivity index is 1.70. The lowest BCUT2D eigenvalue weighted by molar-refractivity contribution is 0.0941. The molecule has 0 fully saturated rings. The summed E-state index contributed by atoms with van der Waals surface area (Å²) >= 11 is 6.05. The first kappa shape index (κ1) is 16.2. The van der Waals surface area contributed by atoms with Crippen LogP contribution in [0.5, 0.6) is 0 Å². The summed E-state index contributed by atoms with van der Waals surface area (Å²) < 4.78 is 19.8.